The van der Waals surface area contributed by atoms with Crippen LogP contribution < -0.4 is 5.32 Å². The van der Waals surface area contributed by atoms with Crippen molar-refractivity contribution in [3.63, 3.8) is 0 Å². The molecule has 1 saturated heterocycles. The summed E-state index contributed by atoms with van der Waals surface area (Å²) in [7, 11) is 2.12. The van der Waals surface area contributed by atoms with Crippen LogP contribution >= 0.6 is 0 Å². The number of hydrogen-bond acceptors (Lipinski definition) is 3. The van der Waals surface area contributed by atoms with Crippen molar-refractivity contribution in [3.8, 4) is 6.07 Å². The van der Waals surface area contributed by atoms with Gasteiger partial charge in [-0.15, -0.1) is 0 Å². The fourth-order valence-electron chi connectivity index (χ4n) is 2.39. The maximum Gasteiger partial charge on any atom is 0.128 e. The molecule has 3 heteroatoms. The molecule has 0 amide bonds. The van der Waals surface area contributed by atoms with Gasteiger partial charge in [0, 0.05) is 18.3 Å². The first-order valence-electron chi connectivity index (χ1n) is 6.10. The number of nitrogens with zero attached hydrogens (tertiary/aromatic N) is 2. The van der Waals surface area contributed by atoms with Crippen molar-refractivity contribution in [2.45, 2.75) is 31.3 Å². The number of para-hydroxylation sites is 1. The molecule has 2 rings (SSSR count). The molecule has 1 aromatic carbocycles. The molecule has 17 heavy (non-hydrogen) atoms. The average molecular weight is 229 g/mol. The zero-order valence-electron chi connectivity index (χ0n) is 10.5. The maximum absolute atomic E-state index is 9.48. The Bertz CT molecular complexity index is 409. The summed E-state index contributed by atoms with van der Waals surface area (Å²) in [6.45, 7) is 3.15. The van der Waals surface area contributed by atoms with Crippen molar-refractivity contribution in [1.29, 1.82) is 5.26 Å². The van der Waals surface area contributed by atoms with Gasteiger partial charge in [-0.05, 0) is 38.9 Å². The minimum atomic E-state index is -0.409. The summed E-state index contributed by atoms with van der Waals surface area (Å²) >= 11 is 0. The van der Waals surface area contributed by atoms with Crippen molar-refractivity contribution >= 4 is 5.69 Å². The normalized spacial score (nSPS) is 29.6. The number of anilines is 1. The van der Waals surface area contributed by atoms with E-state index < -0.39 is 5.54 Å². The van der Waals surface area contributed by atoms with E-state index in [-0.39, 0.29) is 0 Å². The highest BCUT2D eigenvalue weighted by Crippen LogP contribution is 2.29. The van der Waals surface area contributed by atoms with Crippen LogP contribution in [-0.4, -0.2) is 30.1 Å². The molecule has 0 bridgehead atoms. The number of piperidine rings is 1. The van der Waals surface area contributed by atoms with Gasteiger partial charge >= 0.3 is 0 Å². The Morgan fingerprint density at radius 1 is 1.41 bits per heavy atom. The highest BCUT2D eigenvalue weighted by molar-refractivity contribution is 5.47. The Hall–Kier alpha value is -1.53. The van der Waals surface area contributed by atoms with Crippen LogP contribution in [0.15, 0.2) is 30.3 Å². The fourth-order valence-corrected chi connectivity index (χ4v) is 2.39. The number of rotatable bonds is 2. The molecule has 0 saturated carbocycles. The molecule has 2 unspecified atom stereocenters. The largest absolute Gasteiger partial charge is 0.367 e. The van der Waals surface area contributed by atoms with Crippen molar-refractivity contribution in [1.82, 2.24) is 4.90 Å². The lowest BCUT2D eigenvalue weighted by Gasteiger charge is -2.41. The van der Waals surface area contributed by atoms with E-state index in [1.807, 2.05) is 30.3 Å². The van der Waals surface area contributed by atoms with Crippen molar-refractivity contribution in [3.05, 3.63) is 30.3 Å². The minimum Gasteiger partial charge on any atom is -0.367 e. The SMILES string of the molecule is CC1CC(C#N)(Nc2ccccc2)CCN1C. The van der Waals surface area contributed by atoms with E-state index in [0.717, 1.165) is 25.1 Å². The van der Waals surface area contributed by atoms with Crippen LogP contribution in [0.5, 0.6) is 0 Å². The standard InChI is InChI=1S/C14H19N3/c1-12-10-14(11-15,8-9-17(12)2)16-13-6-4-3-5-7-13/h3-7,12,16H,8-10H2,1-2H3. The van der Waals surface area contributed by atoms with Gasteiger partial charge in [0.1, 0.15) is 5.54 Å². The second-order valence-corrected chi connectivity index (χ2v) is 4.97. The lowest BCUT2D eigenvalue weighted by atomic mass is 9.85. The molecule has 0 aromatic heterocycles. The summed E-state index contributed by atoms with van der Waals surface area (Å²) in [6, 6.07) is 12.9. The van der Waals surface area contributed by atoms with Crippen LogP contribution in [0.4, 0.5) is 5.69 Å². The topological polar surface area (TPSA) is 39.1 Å². The van der Waals surface area contributed by atoms with Crippen LogP contribution in [0, 0.1) is 11.3 Å². The summed E-state index contributed by atoms with van der Waals surface area (Å²) in [5, 5.41) is 12.9. The first kappa shape index (κ1) is 11.9. The van der Waals surface area contributed by atoms with Crippen molar-refractivity contribution in [2.75, 3.05) is 18.9 Å². The molecule has 0 spiro atoms. The Morgan fingerprint density at radius 3 is 2.71 bits per heavy atom. The maximum atomic E-state index is 9.48. The van der Waals surface area contributed by atoms with Crippen LogP contribution in [0.2, 0.25) is 0 Å². The number of benzene rings is 1. The van der Waals surface area contributed by atoms with E-state index in [4.69, 9.17) is 0 Å². The smallest absolute Gasteiger partial charge is 0.128 e. The molecule has 2 atom stereocenters. The van der Waals surface area contributed by atoms with Gasteiger partial charge in [-0.3, -0.25) is 0 Å². The first-order valence-corrected chi connectivity index (χ1v) is 6.10. The first-order chi connectivity index (χ1) is 8.15. The summed E-state index contributed by atoms with van der Waals surface area (Å²) in [5.74, 6) is 0. The zero-order valence-corrected chi connectivity index (χ0v) is 10.5. The molecule has 1 heterocycles. The highest BCUT2D eigenvalue weighted by atomic mass is 15.2. The Labute approximate surface area is 103 Å². The summed E-state index contributed by atoms with van der Waals surface area (Å²) < 4.78 is 0. The fraction of sp³-hybridized carbons (Fsp3) is 0.500. The van der Waals surface area contributed by atoms with Crippen molar-refractivity contribution in [2.24, 2.45) is 0 Å². The molecule has 0 radical (unpaired) electrons. The lowest BCUT2D eigenvalue weighted by molar-refractivity contribution is 0.167. The van der Waals surface area contributed by atoms with Crippen LogP contribution in [0.1, 0.15) is 19.8 Å². The van der Waals surface area contributed by atoms with Gasteiger partial charge in [0.05, 0.1) is 6.07 Å². The van der Waals surface area contributed by atoms with E-state index >= 15 is 0 Å². The summed E-state index contributed by atoms with van der Waals surface area (Å²) in [5.41, 5.74) is 0.624. The summed E-state index contributed by atoms with van der Waals surface area (Å²) in [6.07, 6.45) is 1.74. The Balaban J connectivity index is 2.14. The predicted molar refractivity (Wildman–Crippen MR) is 69.7 cm³/mol. The van der Waals surface area contributed by atoms with E-state index in [1.165, 1.54) is 0 Å². The summed E-state index contributed by atoms with van der Waals surface area (Å²) in [4.78, 5) is 2.31. The van der Waals surface area contributed by atoms with Gasteiger partial charge in [0.25, 0.3) is 0 Å². The third-order valence-electron chi connectivity index (χ3n) is 3.66. The Morgan fingerprint density at radius 2 is 2.12 bits per heavy atom. The van der Waals surface area contributed by atoms with Gasteiger partial charge in [-0.25, -0.2) is 0 Å². The van der Waals surface area contributed by atoms with E-state index in [2.05, 4.69) is 30.3 Å². The molecule has 1 aromatic rings. The molecule has 1 aliphatic heterocycles. The number of nitrogens with one attached hydrogen (secondary N) is 1. The predicted octanol–water partition coefficient (Wildman–Crippen LogP) is 2.47. The zero-order chi connectivity index (χ0) is 12.3. The second-order valence-electron chi connectivity index (χ2n) is 4.97. The van der Waals surface area contributed by atoms with Gasteiger partial charge in [-0.1, -0.05) is 18.2 Å². The number of hydrogen-bond donors (Lipinski definition) is 1. The van der Waals surface area contributed by atoms with Gasteiger partial charge in [0.15, 0.2) is 0 Å². The minimum absolute atomic E-state index is 0.409. The molecular weight excluding hydrogens is 210 g/mol. The molecular formula is C14H19N3. The highest BCUT2D eigenvalue weighted by Gasteiger charge is 2.37. The van der Waals surface area contributed by atoms with Gasteiger partial charge in [-0.2, -0.15) is 5.26 Å². The number of likely N-dealkylation sites (tertiary alicyclic amines) is 1. The quantitative estimate of drug-likeness (QED) is 0.846. The van der Waals surface area contributed by atoms with E-state index in [1.54, 1.807) is 0 Å². The molecule has 90 valence electrons. The Kier molecular flexibility index (Phi) is 3.35. The molecule has 1 aliphatic rings. The second kappa shape index (κ2) is 4.77. The van der Waals surface area contributed by atoms with Crippen LogP contribution in [0.3, 0.4) is 0 Å². The van der Waals surface area contributed by atoms with Gasteiger partial charge in [0.2, 0.25) is 0 Å². The molecule has 1 N–H and O–H groups in total. The molecule has 0 aliphatic carbocycles. The van der Waals surface area contributed by atoms with Crippen molar-refractivity contribution < 1.29 is 0 Å². The average Bonchev–Trinajstić information content (AvgIpc) is 2.35. The third kappa shape index (κ3) is 2.59. The molecule has 3 nitrogen and oxygen atoms in total. The van der Waals surface area contributed by atoms with Crippen LogP contribution in [-0.2, 0) is 0 Å². The third-order valence-corrected chi connectivity index (χ3v) is 3.66. The molecule has 1 fully saturated rings. The van der Waals surface area contributed by atoms with Crippen LogP contribution in [0.25, 0.3) is 0 Å². The lowest BCUT2D eigenvalue weighted by Crippen LogP contribution is -2.51. The van der Waals surface area contributed by atoms with E-state index in [0.29, 0.717) is 6.04 Å². The monoisotopic (exact) mass is 229 g/mol. The number of nitriles is 1. The van der Waals surface area contributed by atoms with E-state index in [9.17, 15) is 5.26 Å². The van der Waals surface area contributed by atoms with Gasteiger partial charge < -0.3 is 10.2 Å².